The summed E-state index contributed by atoms with van der Waals surface area (Å²) in [5.74, 6) is 0.0457. The van der Waals surface area contributed by atoms with Crippen molar-refractivity contribution in [2.24, 2.45) is 0 Å². The van der Waals surface area contributed by atoms with Crippen LogP contribution in [0.25, 0.3) is 0 Å². The molecule has 2 aromatic carbocycles. The predicted molar refractivity (Wildman–Crippen MR) is 108 cm³/mol. The van der Waals surface area contributed by atoms with Gasteiger partial charge in [0, 0.05) is 7.05 Å². The number of likely N-dealkylation sites (N-methyl/N-ethyl adjacent to an activating group) is 1. The molecule has 1 aliphatic rings. The maximum atomic E-state index is 12.8. The number of nitrogens with one attached hydrogen (secondary N) is 1. The molecule has 0 saturated carbocycles. The van der Waals surface area contributed by atoms with Crippen LogP contribution in [0.2, 0.25) is 5.02 Å². The number of ether oxygens (including phenoxy) is 1. The third kappa shape index (κ3) is 4.32. The summed E-state index contributed by atoms with van der Waals surface area (Å²) in [6, 6.07) is 12.1. The fourth-order valence-corrected chi connectivity index (χ4v) is 4.89. The quantitative estimate of drug-likeness (QED) is 0.775. The van der Waals surface area contributed by atoms with E-state index in [1.165, 1.54) is 37.9 Å². The van der Waals surface area contributed by atoms with Gasteiger partial charge in [-0.25, -0.2) is 8.42 Å². The Morgan fingerprint density at radius 1 is 1.29 bits per heavy atom. The minimum atomic E-state index is -3.85. The molecule has 8 heteroatoms. The third-order valence-corrected chi connectivity index (χ3v) is 7.00. The molecule has 0 aliphatic heterocycles. The van der Waals surface area contributed by atoms with Crippen molar-refractivity contribution < 1.29 is 17.9 Å². The lowest BCUT2D eigenvalue weighted by Crippen LogP contribution is -2.40. The lowest BCUT2D eigenvalue weighted by Gasteiger charge is -2.27. The van der Waals surface area contributed by atoms with Crippen LogP contribution in [-0.4, -0.2) is 39.3 Å². The molecule has 3 rings (SSSR count). The average Bonchev–Trinajstić information content (AvgIpc) is 2.68. The molecule has 0 unspecified atom stereocenters. The van der Waals surface area contributed by atoms with Crippen LogP contribution in [0, 0.1) is 0 Å². The number of carbonyl (C=O) groups is 1. The van der Waals surface area contributed by atoms with Gasteiger partial charge in [-0.15, -0.1) is 0 Å². The smallest absolute Gasteiger partial charge is 0.243 e. The Bertz CT molecular complexity index is 978. The highest BCUT2D eigenvalue weighted by molar-refractivity contribution is 7.89. The molecule has 0 heterocycles. The van der Waals surface area contributed by atoms with Crippen LogP contribution in [0.3, 0.4) is 0 Å². The molecule has 0 spiro atoms. The molecule has 1 atom stereocenters. The summed E-state index contributed by atoms with van der Waals surface area (Å²) in [5.41, 5.74) is 2.34. The Hall–Kier alpha value is -2.09. The summed E-state index contributed by atoms with van der Waals surface area (Å²) in [4.78, 5) is 12.5. The van der Waals surface area contributed by atoms with E-state index in [2.05, 4.69) is 11.4 Å². The minimum absolute atomic E-state index is 0.0108. The fourth-order valence-electron chi connectivity index (χ4n) is 3.42. The second kappa shape index (κ2) is 8.51. The molecule has 150 valence electrons. The van der Waals surface area contributed by atoms with Gasteiger partial charge >= 0.3 is 0 Å². The number of fused-ring (bicyclic) bond motifs is 1. The molecular formula is C20H23ClN2O4S. The molecule has 1 amide bonds. The molecule has 0 radical (unpaired) electrons. The Kier molecular flexibility index (Phi) is 6.27. The fraction of sp³-hybridized carbons (Fsp3) is 0.350. The summed E-state index contributed by atoms with van der Waals surface area (Å²) in [5, 5.41) is 3.16. The van der Waals surface area contributed by atoms with Crippen molar-refractivity contribution in [2.75, 3.05) is 20.7 Å². The summed E-state index contributed by atoms with van der Waals surface area (Å²) in [6.07, 6.45) is 2.82. The number of sulfonamides is 1. The topological polar surface area (TPSA) is 75.7 Å². The molecule has 28 heavy (non-hydrogen) atoms. The second-order valence-electron chi connectivity index (χ2n) is 6.77. The van der Waals surface area contributed by atoms with Crippen molar-refractivity contribution in [3.63, 3.8) is 0 Å². The van der Waals surface area contributed by atoms with Gasteiger partial charge in [0.15, 0.2) is 0 Å². The van der Waals surface area contributed by atoms with Crippen LogP contribution in [-0.2, 0) is 21.2 Å². The SMILES string of the molecule is COc1ccc(S(=O)(=O)N(C)CC(=O)N[C@H]2CCCc3ccccc32)cc1Cl. The molecule has 0 fully saturated rings. The number of amides is 1. The molecule has 2 aromatic rings. The molecule has 0 aromatic heterocycles. The highest BCUT2D eigenvalue weighted by Crippen LogP contribution is 2.30. The molecule has 0 saturated heterocycles. The van der Waals surface area contributed by atoms with Crippen molar-refractivity contribution in [1.82, 2.24) is 9.62 Å². The van der Waals surface area contributed by atoms with Gasteiger partial charge in [-0.2, -0.15) is 4.31 Å². The second-order valence-corrected chi connectivity index (χ2v) is 9.22. The van der Waals surface area contributed by atoms with Crippen LogP contribution >= 0.6 is 11.6 Å². The minimum Gasteiger partial charge on any atom is -0.495 e. The number of hydrogen-bond donors (Lipinski definition) is 1. The van der Waals surface area contributed by atoms with E-state index in [4.69, 9.17) is 16.3 Å². The Morgan fingerprint density at radius 2 is 2.04 bits per heavy atom. The number of hydrogen-bond acceptors (Lipinski definition) is 4. The summed E-state index contributed by atoms with van der Waals surface area (Å²) < 4.78 is 31.6. The van der Waals surface area contributed by atoms with Crippen molar-refractivity contribution in [1.29, 1.82) is 0 Å². The summed E-state index contributed by atoms with van der Waals surface area (Å²) >= 11 is 6.04. The largest absolute Gasteiger partial charge is 0.495 e. The highest BCUT2D eigenvalue weighted by atomic mass is 35.5. The van der Waals surface area contributed by atoms with E-state index in [0.717, 1.165) is 29.1 Å². The number of benzene rings is 2. The van der Waals surface area contributed by atoms with Gasteiger partial charge in [0.1, 0.15) is 5.75 Å². The van der Waals surface area contributed by atoms with E-state index < -0.39 is 10.0 Å². The number of rotatable bonds is 6. The first-order valence-corrected chi connectivity index (χ1v) is 10.8. The van der Waals surface area contributed by atoms with E-state index in [9.17, 15) is 13.2 Å². The van der Waals surface area contributed by atoms with Gasteiger partial charge in [-0.05, 0) is 48.6 Å². The molecule has 1 N–H and O–H groups in total. The summed E-state index contributed by atoms with van der Waals surface area (Å²) in [6.45, 7) is -0.273. The van der Waals surface area contributed by atoms with Gasteiger partial charge in [-0.3, -0.25) is 4.79 Å². The Morgan fingerprint density at radius 3 is 2.75 bits per heavy atom. The first kappa shape index (κ1) is 20.6. The molecule has 6 nitrogen and oxygen atoms in total. The maximum absolute atomic E-state index is 12.8. The van der Waals surface area contributed by atoms with Gasteiger partial charge in [0.25, 0.3) is 0 Å². The van der Waals surface area contributed by atoms with E-state index in [1.807, 2.05) is 18.2 Å². The molecule has 1 aliphatic carbocycles. The van der Waals surface area contributed by atoms with Gasteiger partial charge in [-0.1, -0.05) is 35.9 Å². The number of aryl methyl sites for hydroxylation is 1. The Balaban J connectivity index is 1.69. The molecule has 0 bridgehead atoms. The van der Waals surface area contributed by atoms with E-state index >= 15 is 0 Å². The van der Waals surface area contributed by atoms with Gasteiger partial charge in [0.05, 0.1) is 29.6 Å². The zero-order valence-corrected chi connectivity index (χ0v) is 17.4. The van der Waals surface area contributed by atoms with Crippen molar-refractivity contribution in [3.8, 4) is 5.75 Å². The van der Waals surface area contributed by atoms with Crippen molar-refractivity contribution in [3.05, 3.63) is 58.6 Å². The number of carbonyl (C=O) groups excluding carboxylic acids is 1. The van der Waals surface area contributed by atoms with Crippen LogP contribution in [0.15, 0.2) is 47.4 Å². The van der Waals surface area contributed by atoms with E-state index in [-0.39, 0.29) is 28.4 Å². The average molecular weight is 423 g/mol. The summed E-state index contributed by atoms with van der Waals surface area (Å²) in [7, 11) is -1.02. The standard InChI is InChI=1S/C20H23ClN2O4S/c1-23(28(25,26)15-10-11-19(27-2)17(21)12-15)13-20(24)22-18-9-5-7-14-6-3-4-8-16(14)18/h3-4,6,8,10-12,18H,5,7,9,13H2,1-2H3,(H,22,24)/t18-/m0/s1. The van der Waals surface area contributed by atoms with E-state index in [1.54, 1.807) is 0 Å². The van der Waals surface area contributed by atoms with Gasteiger partial charge in [0.2, 0.25) is 15.9 Å². The maximum Gasteiger partial charge on any atom is 0.243 e. The lowest BCUT2D eigenvalue weighted by molar-refractivity contribution is -0.122. The van der Waals surface area contributed by atoms with Crippen LogP contribution < -0.4 is 10.1 Å². The third-order valence-electron chi connectivity index (χ3n) is 4.90. The van der Waals surface area contributed by atoms with Gasteiger partial charge < -0.3 is 10.1 Å². The zero-order chi connectivity index (χ0) is 20.3. The van der Waals surface area contributed by atoms with Crippen molar-refractivity contribution >= 4 is 27.5 Å². The first-order chi connectivity index (χ1) is 13.3. The van der Waals surface area contributed by atoms with Crippen LogP contribution in [0.5, 0.6) is 5.75 Å². The number of methoxy groups -OCH3 is 1. The van der Waals surface area contributed by atoms with Crippen LogP contribution in [0.4, 0.5) is 0 Å². The number of halogens is 1. The Labute approximate surface area is 170 Å². The normalized spacial score (nSPS) is 16.5. The van der Waals surface area contributed by atoms with Crippen LogP contribution in [0.1, 0.15) is 30.0 Å². The van der Waals surface area contributed by atoms with Crippen molar-refractivity contribution in [2.45, 2.75) is 30.2 Å². The highest BCUT2D eigenvalue weighted by Gasteiger charge is 2.26. The number of nitrogens with zero attached hydrogens (tertiary/aromatic N) is 1. The zero-order valence-electron chi connectivity index (χ0n) is 15.8. The monoisotopic (exact) mass is 422 g/mol. The first-order valence-electron chi connectivity index (χ1n) is 9.00. The lowest BCUT2D eigenvalue weighted by atomic mass is 9.88. The predicted octanol–water partition coefficient (Wildman–Crippen LogP) is 3.16. The van der Waals surface area contributed by atoms with E-state index in [0.29, 0.717) is 5.75 Å². The molecular weight excluding hydrogens is 400 g/mol.